The number of rotatable bonds is 5. The Balaban J connectivity index is 1.26. The Hall–Kier alpha value is -2.21. The van der Waals surface area contributed by atoms with Crippen molar-refractivity contribution in [2.75, 3.05) is 6.61 Å². The fourth-order valence-corrected chi connectivity index (χ4v) is 3.89. The summed E-state index contributed by atoms with van der Waals surface area (Å²) in [6.45, 7) is 0.629. The van der Waals surface area contributed by atoms with Crippen molar-refractivity contribution in [1.82, 2.24) is 15.5 Å². The van der Waals surface area contributed by atoms with Crippen molar-refractivity contribution < 1.29 is 14.1 Å². The van der Waals surface area contributed by atoms with Gasteiger partial charge in [-0.1, -0.05) is 48.3 Å². The van der Waals surface area contributed by atoms with Crippen molar-refractivity contribution in [3.63, 3.8) is 0 Å². The van der Waals surface area contributed by atoms with Gasteiger partial charge in [0.1, 0.15) is 0 Å². The minimum atomic E-state index is 0.0168. The maximum Gasteiger partial charge on any atom is 0.227 e. The summed E-state index contributed by atoms with van der Waals surface area (Å²) < 4.78 is 11.2. The summed E-state index contributed by atoms with van der Waals surface area (Å²) >= 11 is 0. The van der Waals surface area contributed by atoms with E-state index >= 15 is 0 Å². The van der Waals surface area contributed by atoms with E-state index in [0.717, 1.165) is 24.8 Å². The average Bonchev–Trinajstić information content (AvgIpc) is 3.37. The summed E-state index contributed by atoms with van der Waals surface area (Å²) in [7, 11) is 0. The van der Waals surface area contributed by atoms with Crippen molar-refractivity contribution in [3.8, 4) is 11.4 Å². The molecule has 1 aromatic carbocycles. The smallest absolute Gasteiger partial charge is 0.227 e. The highest BCUT2D eigenvalue weighted by Gasteiger charge is 2.42. The third-order valence-electron chi connectivity index (χ3n) is 5.16. The van der Waals surface area contributed by atoms with Crippen molar-refractivity contribution in [2.24, 2.45) is 0 Å². The van der Waals surface area contributed by atoms with Crippen LogP contribution in [-0.2, 0) is 16.0 Å². The van der Waals surface area contributed by atoms with E-state index in [-0.39, 0.29) is 17.6 Å². The second-order valence-electron chi connectivity index (χ2n) is 7.05. The van der Waals surface area contributed by atoms with Gasteiger partial charge in [-0.2, -0.15) is 4.98 Å². The summed E-state index contributed by atoms with van der Waals surface area (Å²) in [5.74, 6) is 1.07. The number of benzene rings is 1. The number of aromatic nitrogens is 2. The lowest BCUT2D eigenvalue weighted by molar-refractivity contribution is -0.121. The third kappa shape index (κ3) is 3.74. The van der Waals surface area contributed by atoms with Gasteiger partial charge in [-0.3, -0.25) is 4.79 Å². The summed E-state index contributed by atoms with van der Waals surface area (Å²) in [5.41, 5.74) is 0.946. The molecule has 1 aliphatic heterocycles. The van der Waals surface area contributed by atoms with Crippen molar-refractivity contribution in [2.45, 2.75) is 56.6 Å². The number of ether oxygens (including phenoxy) is 1. The van der Waals surface area contributed by atoms with Gasteiger partial charge >= 0.3 is 0 Å². The van der Waals surface area contributed by atoms with E-state index in [1.54, 1.807) is 0 Å². The number of hydrogen-bond donors (Lipinski definition) is 1. The molecule has 1 amide bonds. The molecule has 132 valence electrons. The molecule has 0 unspecified atom stereocenters. The molecule has 1 aromatic heterocycles. The van der Waals surface area contributed by atoms with Crippen LogP contribution in [0.25, 0.3) is 11.4 Å². The van der Waals surface area contributed by atoms with E-state index in [2.05, 4.69) is 15.5 Å². The Morgan fingerprint density at radius 3 is 2.84 bits per heavy atom. The molecule has 0 bridgehead atoms. The van der Waals surface area contributed by atoms with Crippen LogP contribution in [0.4, 0.5) is 0 Å². The van der Waals surface area contributed by atoms with Gasteiger partial charge in [0, 0.05) is 18.4 Å². The molecule has 25 heavy (non-hydrogen) atoms. The summed E-state index contributed by atoms with van der Waals surface area (Å²) in [6.07, 6.45) is 6.47. The molecule has 1 saturated carbocycles. The second-order valence-corrected chi connectivity index (χ2v) is 7.05. The molecule has 2 fully saturated rings. The van der Waals surface area contributed by atoms with Crippen LogP contribution in [0.2, 0.25) is 0 Å². The highest BCUT2D eigenvalue weighted by molar-refractivity contribution is 5.76. The number of hydrogen-bond acceptors (Lipinski definition) is 5. The molecule has 1 atom stereocenters. The molecule has 0 radical (unpaired) electrons. The topological polar surface area (TPSA) is 77.2 Å². The van der Waals surface area contributed by atoms with E-state index in [1.165, 1.54) is 12.8 Å². The first kappa shape index (κ1) is 16.3. The zero-order chi connectivity index (χ0) is 17.1. The van der Waals surface area contributed by atoms with Gasteiger partial charge in [0.2, 0.25) is 17.6 Å². The van der Waals surface area contributed by atoms with Crippen molar-refractivity contribution in [1.29, 1.82) is 0 Å². The highest BCUT2D eigenvalue weighted by Crippen LogP contribution is 2.40. The van der Waals surface area contributed by atoms with Gasteiger partial charge in [-0.25, -0.2) is 0 Å². The minimum Gasteiger partial charge on any atom is -0.373 e. The number of nitrogens with zero attached hydrogens (tertiary/aromatic N) is 2. The van der Waals surface area contributed by atoms with Crippen molar-refractivity contribution in [3.05, 3.63) is 36.2 Å². The van der Waals surface area contributed by atoms with E-state index in [0.29, 0.717) is 31.2 Å². The SMILES string of the molecule is O=C(CCc1nc(-c2ccccc2)no1)N[C@@H]1COC2(CCCC2)C1. The molecule has 1 saturated heterocycles. The van der Waals surface area contributed by atoms with Crippen molar-refractivity contribution >= 4 is 5.91 Å². The van der Waals surface area contributed by atoms with E-state index in [4.69, 9.17) is 9.26 Å². The van der Waals surface area contributed by atoms with Crippen LogP contribution < -0.4 is 5.32 Å². The number of nitrogens with one attached hydrogen (secondary N) is 1. The predicted octanol–water partition coefficient (Wildman–Crippen LogP) is 2.89. The Kier molecular flexibility index (Phi) is 4.53. The van der Waals surface area contributed by atoms with Crippen LogP contribution in [0.1, 0.15) is 44.4 Å². The van der Waals surface area contributed by atoms with Crippen LogP contribution in [0.3, 0.4) is 0 Å². The fraction of sp³-hybridized carbons (Fsp3) is 0.526. The molecule has 2 heterocycles. The van der Waals surface area contributed by atoms with Crippen LogP contribution >= 0.6 is 0 Å². The number of amides is 1. The molecular weight excluding hydrogens is 318 g/mol. The molecule has 4 rings (SSSR count). The lowest BCUT2D eigenvalue weighted by Crippen LogP contribution is -2.36. The normalized spacial score (nSPS) is 21.7. The van der Waals surface area contributed by atoms with E-state index in [9.17, 15) is 4.79 Å². The standard InChI is InChI=1S/C19H23N3O3/c23-16(20-15-12-19(24-13-15)10-4-5-11-19)8-9-17-21-18(22-25-17)14-6-2-1-3-7-14/h1-3,6-7,15H,4-5,8-13H2,(H,20,23)/t15-/m0/s1. The van der Waals surface area contributed by atoms with E-state index in [1.807, 2.05) is 30.3 Å². The number of carbonyl (C=O) groups is 1. The predicted molar refractivity (Wildman–Crippen MR) is 91.8 cm³/mol. The van der Waals surface area contributed by atoms with Gasteiger partial charge in [0.15, 0.2) is 0 Å². The first-order valence-electron chi connectivity index (χ1n) is 9.04. The van der Waals surface area contributed by atoms with E-state index < -0.39 is 0 Å². The van der Waals surface area contributed by atoms with Crippen LogP contribution in [0, 0.1) is 0 Å². The Morgan fingerprint density at radius 2 is 2.04 bits per heavy atom. The number of aryl methyl sites for hydroxylation is 1. The maximum absolute atomic E-state index is 12.2. The van der Waals surface area contributed by atoms with Gasteiger partial charge in [0.25, 0.3) is 0 Å². The zero-order valence-electron chi connectivity index (χ0n) is 14.2. The van der Waals surface area contributed by atoms with Gasteiger partial charge < -0.3 is 14.6 Å². The zero-order valence-corrected chi connectivity index (χ0v) is 14.2. The summed E-state index contributed by atoms with van der Waals surface area (Å²) in [4.78, 5) is 16.6. The molecule has 1 aliphatic carbocycles. The molecule has 1 spiro atoms. The Bertz CT molecular complexity index is 723. The molecule has 6 heteroatoms. The molecule has 6 nitrogen and oxygen atoms in total. The maximum atomic E-state index is 12.2. The monoisotopic (exact) mass is 341 g/mol. The first-order valence-corrected chi connectivity index (χ1v) is 9.04. The van der Waals surface area contributed by atoms with Crippen LogP contribution in [0.15, 0.2) is 34.9 Å². The highest BCUT2D eigenvalue weighted by atomic mass is 16.5. The average molecular weight is 341 g/mol. The molecular formula is C19H23N3O3. The molecule has 2 aliphatic rings. The lowest BCUT2D eigenvalue weighted by atomic mass is 9.96. The molecule has 1 N–H and O–H groups in total. The largest absolute Gasteiger partial charge is 0.373 e. The van der Waals surface area contributed by atoms with Gasteiger partial charge in [0.05, 0.1) is 18.2 Å². The van der Waals surface area contributed by atoms with Gasteiger partial charge in [-0.05, 0) is 19.3 Å². The molecule has 2 aromatic rings. The Morgan fingerprint density at radius 1 is 1.24 bits per heavy atom. The first-order chi connectivity index (χ1) is 12.2. The summed E-state index contributed by atoms with van der Waals surface area (Å²) in [5, 5.41) is 7.06. The van der Waals surface area contributed by atoms with Gasteiger partial charge in [-0.15, -0.1) is 0 Å². The second kappa shape index (κ2) is 6.96. The van der Waals surface area contributed by atoms with Crippen LogP contribution in [0.5, 0.6) is 0 Å². The quantitative estimate of drug-likeness (QED) is 0.905. The fourth-order valence-electron chi connectivity index (χ4n) is 3.89. The lowest BCUT2D eigenvalue weighted by Gasteiger charge is -2.21. The minimum absolute atomic E-state index is 0.0168. The third-order valence-corrected chi connectivity index (χ3v) is 5.16. The van der Waals surface area contributed by atoms with Crippen LogP contribution in [-0.4, -0.2) is 34.3 Å². The number of carbonyl (C=O) groups excluding carboxylic acids is 1. The summed E-state index contributed by atoms with van der Waals surface area (Å²) in [6, 6.07) is 9.80. The Labute approximate surface area is 147 Å².